The summed E-state index contributed by atoms with van der Waals surface area (Å²) >= 11 is 0. The van der Waals surface area contributed by atoms with E-state index in [1.54, 1.807) is 13.8 Å². The lowest BCUT2D eigenvalue weighted by Crippen LogP contribution is -2.67. The number of esters is 1. The molecule has 2 unspecified atom stereocenters. The molecule has 5 rings (SSSR count). The third-order valence-electron chi connectivity index (χ3n) is 18.1. The maximum atomic E-state index is 14.6. The van der Waals surface area contributed by atoms with Crippen molar-refractivity contribution in [3.63, 3.8) is 0 Å². The fourth-order valence-corrected chi connectivity index (χ4v) is 14.6. The van der Waals surface area contributed by atoms with Crippen molar-refractivity contribution in [3.8, 4) is 0 Å². The van der Waals surface area contributed by atoms with Crippen LogP contribution in [0.1, 0.15) is 185 Å². The van der Waals surface area contributed by atoms with Gasteiger partial charge in [-0.1, -0.05) is 79.9 Å². The summed E-state index contributed by atoms with van der Waals surface area (Å²) in [6, 6.07) is -0.835. The van der Waals surface area contributed by atoms with E-state index in [1.807, 2.05) is 13.8 Å². The van der Waals surface area contributed by atoms with E-state index in [2.05, 4.69) is 58.8 Å². The summed E-state index contributed by atoms with van der Waals surface area (Å²) in [5.74, 6) is -0.177. The van der Waals surface area contributed by atoms with Crippen LogP contribution in [0.4, 0.5) is 0 Å². The van der Waals surface area contributed by atoms with Crippen molar-refractivity contribution in [2.45, 2.75) is 197 Å². The first-order valence-electron chi connectivity index (χ1n) is 23.8. The second-order valence-corrected chi connectivity index (χ2v) is 22.9. The Morgan fingerprint density at radius 2 is 1.47 bits per heavy atom. The Bertz CT molecular complexity index is 1640. The number of amides is 2. The molecule has 0 heterocycles. The molecule has 11 atom stereocenters. The second-order valence-electron chi connectivity index (χ2n) is 22.9. The Morgan fingerprint density at radius 1 is 0.800 bits per heavy atom. The van der Waals surface area contributed by atoms with Gasteiger partial charge in [0.25, 0.3) is 0 Å². The fraction of sp³-hybridized carbons (Fsp3) is 0.860. The average Bonchev–Trinajstić information content (AvgIpc) is 3.55. The van der Waals surface area contributed by atoms with Crippen molar-refractivity contribution in [1.29, 1.82) is 0 Å². The van der Waals surface area contributed by atoms with Gasteiger partial charge in [-0.25, -0.2) is 4.79 Å². The summed E-state index contributed by atoms with van der Waals surface area (Å²) in [4.78, 5) is 63.3. The van der Waals surface area contributed by atoms with Crippen LogP contribution in [0.2, 0.25) is 0 Å². The van der Waals surface area contributed by atoms with Crippen LogP contribution in [0.5, 0.6) is 0 Å². The van der Waals surface area contributed by atoms with Gasteiger partial charge in [-0.15, -0.1) is 0 Å². The number of hydrogen-bond donors (Lipinski definition) is 4. The minimum atomic E-state index is -1.17. The molecule has 0 aromatic carbocycles. The number of nitrogens with one attached hydrogen (secondary N) is 2. The molecule has 10 nitrogen and oxygen atoms in total. The summed E-state index contributed by atoms with van der Waals surface area (Å²) in [6.07, 6.45) is 15.0. The number of carbonyl (C=O) groups excluding carboxylic acids is 3. The number of hydrogen-bond acceptors (Lipinski definition) is 6. The largest absolute Gasteiger partial charge is 0.481 e. The summed E-state index contributed by atoms with van der Waals surface area (Å²) < 4.78 is 6.18. The van der Waals surface area contributed by atoms with E-state index in [0.29, 0.717) is 43.1 Å². The van der Waals surface area contributed by atoms with Gasteiger partial charge in [-0.05, 0) is 156 Å². The van der Waals surface area contributed by atoms with Crippen LogP contribution in [-0.2, 0) is 28.7 Å². The molecular formula is C50H82N2O8. The summed E-state index contributed by atoms with van der Waals surface area (Å²) in [5.41, 5.74) is -0.255. The normalized spacial score (nSPS) is 36.1. The maximum absolute atomic E-state index is 14.6. The molecule has 0 spiro atoms. The predicted molar refractivity (Wildman–Crippen MR) is 235 cm³/mol. The van der Waals surface area contributed by atoms with E-state index >= 15 is 0 Å². The van der Waals surface area contributed by atoms with Crippen LogP contribution in [0.15, 0.2) is 12.2 Å². The van der Waals surface area contributed by atoms with Crippen molar-refractivity contribution in [2.24, 2.45) is 68.0 Å². The molecular weight excluding hydrogens is 757 g/mol. The zero-order valence-electron chi connectivity index (χ0n) is 39.1. The van der Waals surface area contributed by atoms with E-state index in [9.17, 15) is 34.2 Å². The van der Waals surface area contributed by atoms with Crippen LogP contribution < -0.4 is 10.6 Å². The minimum Gasteiger partial charge on any atom is -0.481 e. The number of carboxylic acids is 2. The average molecular weight is 839 g/mol. The maximum Gasteiger partial charge on any atom is 0.326 e. The molecule has 5 aliphatic rings. The number of fused-ring (bicyclic) bond motifs is 7. The molecule has 5 aliphatic carbocycles. The van der Waals surface area contributed by atoms with Gasteiger partial charge in [0.15, 0.2) is 0 Å². The minimum absolute atomic E-state index is 0.0894. The number of carboxylic acid groups (broad SMARTS) is 2. The molecule has 0 aliphatic heterocycles. The Morgan fingerprint density at radius 3 is 2.10 bits per heavy atom. The Labute approximate surface area is 362 Å². The van der Waals surface area contributed by atoms with E-state index in [4.69, 9.17) is 4.74 Å². The first-order valence-corrected chi connectivity index (χ1v) is 23.8. The SMILES string of the molecule is C=C(C)[C@@H]1CC[C@]2(C(=O)NCCCCCCCC(=O)NC(CC(C)C)C(=O)O)CC[C@]3(C)[C@H](CCC4[C@@]5(C)CC[C@H](OC(=O)CC(C)(C)C(=O)O)C(C)(C)[C@@H]5CC[C@]43C)[C@@H]12. The molecule has 0 bridgehead atoms. The van der Waals surface area contributed by atoms with Gasteiger partial charge in [0.1, 0.15) is 12.1 Å². The highest BCUT2D eigenvalue weighted by Crippen LogP contribution is 2.77. The van der Waals surface area contributed by atoms with E-state index in [0.717, 1.165) is 96.3 Å². The molecule has 60 heavy (non-hydrogen) atoms. The number of ether oxygens (including phenoxy) is 1. The lowest BCUT2D eigenvalue weighted by Gasteiger charge is -2.72. The summed E-state index contributed by atoms with van der Waals surface area (Å²) in [6.45, 7) is 26.7. The molecule has 0 aromatic heterocycles. The molecule has 0 saturated heterocycles. The second kappa shape index (κ2) is 18.1. The third kappa shape index (κ3) is 8.96. The van der Waals surface area contributed by atoms with E-state index in [1.165, 1.54) is 5.57 Å². The monoisotopic (exact) mass is 839 g/mol. The summed E-state index contributed by atoms with van der Waals surface area (Å²) in [7, 11) is 0. The van der Waals surface area contributed by atoms with Crippen molar-refractivity contribution in [3.05, 3.63) is 12.2 Å². The third-order valence-corrected chi connectivity index (χ3v) is 18.1. The van der Waals surface area contributed by atoms with Crippen molar-refractivity contribution in [2.75, 3.05) is 6.54 Å². The lowest BCUT2D eigenvalue weighted by atomic mass is 9.32. The van der Waals surface area contributed by atoms with Gasteiger partial charge in [-0.2, -0.15) is 0 Å². The number of carbonyl (C=O) groups is 5. The standard InChI is InChI=1S/C50H82N2O8/c1-31(2)29-35(42(55)56)52-39(53)17-15-13-12-14-16-28-51-43(57)50-25-20-33(32(3)4)41(50)34-18-19-37-47(9)23-22-38(60-40(54)30-45(5,6)44(58)59)46(7,8)36(47)21-24-49(37,11)48(34,10)26-27-50/h31,33-38,41H,3,12-30H2,1-2,4-11H3,(H,51,57)(H,52,53)(H,55,56)(H,58,59)/t33-,34+,35?,36-,37?,38-,41+,47-,48+,49+,50-/m0/s1. The van der Waals surface area contributed by atoms with Gasteiger partial charge in [-0.3, -0.25) is 19.2 Å². The molecule has 340 valence electrons. The molecule has 0 aromatic rings. The number of unbranched alkanes of at least 4 members (excludes halogenated alkanes) is 4. The van der Waals surface area contributed by atoms with Gasteiger partial charge in [0.05, 0.1) is 17.3 Å². The van der Waals surface area contributed by atoms with Gasteiger partial charge in [0, 0.05) is 18.4 Å². The quantitative estimate of drug-likeness (QED) is 0.0603. The van der Waals surface area contributed by atoms with Crippen LogP contribution >= 0.6 is 0 Å². The molecule has 2 amide bonds. The number of rotatable bonds is 18. The Hall–Kier alpha value is -2.91. The smallest absolute Gasteiger partial charge is 0.326 e. The number of allylic oxidation sites excluding steroid dienone is 1. The van der Waals surface area contributed by atoms with Crippen LogP contribution in [0, 0.1) is 68.0 Å². The lowest BCUT2D eigenvalue weighted by molar-refractivity contribution is -0.249. The van der Waals surface area contributed by atoms with Crippen molar-refractivity contribution in [1.82, 2.24) is 10.6 Å². The topological polar surface area (TPSA) is 159 Å². The Kier molecular flexibility index (Phi) is 14.5. The first-order chi connectivity index (χ1) is 27.9. The molecule has 4 N–H and O–H groups in total. The van der Waals surface area contributed by atoms with Gasteiger partial charge >= 0.3 is 17.9 Å². The molecule has 10 heteroatoms. The van der Waals surface area contributed by atoms with E-state index in [-0.39, 0.29) is 63.2 Å². The first kappa shape index (κ1) is 48.1. The van der Waals surface area contributed by atoms with Crippen LogP contribution in [-0.4, -0.2) is 58.6 Å². The fourth-order valence-electron chi connectivity index (χ4n) is 14.6. The summed E-state index contributed by atoms with van der Waals surface area (Å²) in [5, 5.41) is 25.2. The highest BCUT2D eigenvalue weighted by Gasteiger charge is 2.72. The van der Waals surface area contributed by atoms with Crippen LogP contribution in [0.3, 0.4) is 0 Å². The zero-order valence-corrected chi connectivity index (χ0v) is 39.1. The highest BCUT2D eigenvalue weighted by atomic mass is 16.5. The van der Waals surface area contributed by atoms with Crippen molar-refractivity contribution < 1.29 is 38.9 Å². The molecule has 0 radical (unpaired) electrons. The van der Waals surface area contributed by atoms with Gasteiger partial charge in [0.2, 0.25) is 11.8 Å². The highest BCUT2D eigenvalue weighted by molar-refractivity contribution is 5.84. The Balaban J connectivity index is 1.20. The van der Waals surface area contributed by atoms with Gasteiger partial charge < -0.3 is 25.6 Å². The van der Waals surface area contributed by atoms with Crippen LogP contribution in [0.25, 0.3) is 0 Å². The number of aliphatic carboxylic acids is 2. The van der Waals surface area contributed by atoms with E-state index < -0.39 is 29.4 Å². The predicted octanol–water partition coefficient (Wildman–Crippen LogP) is 10.1. The molecule has 5 saturated carbocycles. The van der Waals surface area contributed by atoms with Crippen molar-refractivity contribution >= 4 is 29.7 Å². The zero-order chi connectivity index (χ0) is 44.6. The molecule has 5 fully saturated rings.